The third-order valence-corrected chi connectivity index (χ3v) is 5.08. The molecule has 1 aromatic heterocycles. The molecule has 76 valence electrons. The molecule has 1 atom stereocenters. The normalized spacial score (nSPS) is 12.4. The Labute approximate surface area is 106 Å². The van der Waals surface area contributed by atoms with Gasteiger partial charge in [-0.25, -0.2) is 0 Å². The highest BCUT2D eigenvalue weighted by Crippen LogP contribution is 2.32. The summed E-state index contributed by atoms with van der Waals surface area (Å²) in [6, 6.07) is 2.28. The molecule has 1 N–H and O–H groups in total. The fourth-order valence-electron chi connectivity index (χ4n) is 1.02. The Hall–Kier alpha value is 0.180. The topological polar surface area (TPSA) is 12.0 Å². The van der Waals surface area contributed by atoms with Gasteiger partial charge < -0.3 is 0 Å². The predicted octanol–water partition coefficient (Wildman–Crippen LogP) is 3.77. The molecule has 1 unspecified atom stereocenters. The molecule has 0 saturated carbocycles. The van der Waals surface area contributed by atoms with Crippen molar-refractivity contribution < 1.29 is 0 Å². The molecule has 1 nitrogen and oxygen atoms in total. The number of nitrogens with one attached hydrogen (secondary N) is 1. The minimum absolute atomic E-state index is 0.176. The van der Waals surface area contributed by atoms with Crippen LogP contribution >= 0.6 is 43.2 Å². The van der Waals surface area contributed by atoms with Crippen molar-refractivity contribution in [2.24, 2.45) is 0 Å². The van der Waals surface area contributed by atoms with E-state index >= 15 is 0 Å². The van der Waals surface area contributed by atoms with Crippen LogP contribution in [0, 0.1) is 12.3 Å². The van der Waals surface area contributed by atoms with E-state index in [1.807, 2.05) is 0 Å². The smallest absolute Gasteiger partial charge is 0.0843 e. The summed E-state index contributed by atoms with van der Waals surface area (Å²) in [6.45, 7) is 2.91. The average Bonchev–Trinajstić information content (AvgIpc) is 2.48. The minimum atomic E-state index is 0.176. The van der Waals surface area contributed by atoms with Gasteiger partial charge in [-0.3, -0.25) is 5.32 Å². The average molecular weight is 337 g/mol. The summed E-state index contributed by atoms with van der Waals surface area (Å²) in [6.07, 6.45) is 6.32. The van der Waals surface area contributed by atoms with Gasteiger partial charge in [0.05, 0.1) is 9.83 Å². The molecule has 0 radical (unpaired) electrons. The lowest BCUT2D eigenvalue weighted by molar-refractivity contribution is 0.597. The van der Waals surface area contributed by atoms with Gasteiger partial charge in [0, 0.05) is 15.9 Å². The number of thiophene rings is 1. The summed E-state index contributed by atoms with van der Waals surface area (Å²) in [4.78, 5) is 1.28. The largest absolute Gasteiger partial charge is 0.299 e. The van der Waals surface area contributed by atoms with Crippen molar-refractivity contribution in [3.63, 3.8) is 0 Å². The Balaban J connectivity index is 2.50. The van der Waals surface area contributed by atoms with E-state index < -0.39 is 0 Å². The zero-order valence-corrected chi connectivity index (χ0v) is 11.8. The molecule has 0 amide bonds. The molecule has 0 aromatic carbocycles. The van der Waals surface area contributed by atoms with E-state index in [4.69, 9.17) is 6.42 Å². The second kappa shape index (κ2) is 5.92. The monoisotopic (exact) mass is 335 g/mol. The van der Waals surface area contributed by atoms with Gasteiger partial charge in [0.25, 0.3) is 0 Å². The molecular formula is C10H11Br2NS. The Morgan fingerprint density at radius 3 is 2.79 bits per heavy atom. The second-order valence-electron chi connectivity index (χ2n) is 2.84. The summed E-state index contributed by atoms with van der Waals surface area (Å²) in [5.41, 5.74) is 0. The molecule has 1 aromatic rings. The second-order valence-corrected chi connectivity index (χ2v) is 6.15. The van der Waals surface area contributed by atoms with Crippen LogP contribution in [0.25, 0.3) is 0 Å². The van der Waals surface area contributed by atoms with Gasteiger partial charge in [-0.2, -0.15) is 0 Å². The Morgan fingerprint density at radius 2 is 2.36 bits per heavy atom. The first-order valence-electron chi connectivity index (χ1n) is 4.30. The standard InChI is InChI=1S/C10H11Br2NS/c1-3-7(4-2)13-6-8-5-9(11)10(12)14-8/h1,5,7,13H,4,6H2,2H3. The maximum Gasteiger partial charge on any atom is 0.0843 e. The maximum atomic E-state index is 5.35. The lowest BCUT2D eigenvalue weighted by Crippen LogP contribution is -2.25. The van der Waals surface area contributed by atoms with E-state index in [0.29, 0.717) is 0 Å². The highest BCUT2D eigenvalue weighted by molar-refractivity contribution is 9.13. The number of halogens is 2. The third kappa shape index (κ3) is 3.39. The van der Waals surface area contributed by atoms with Crippen molar-refractivity contribution >= 4 is 43.2 Å². The van der Waals surface area contributed by atoms with E-state index in [1.165, 1.54) is 4.88 Å². The molecule has 0 aliphatic carbocycles. The SMILES string of the molecule is C#CC(CC)NCc1cc(Br)c(Br)s1. The molecule has 1 heterocycles. The molecule has 0 bridgehead atoms. The van der Waals surface area contributed by atoms with Gasteiger partial charge in [-0.05, 0) is 44.3 Å². The highest BCUT2D eigenvalue weighted by Gasteiger charge is 2.05. The Kier molecular flexibility index (Phi) is 5.18. The molecular weight excluding hydrogens is 326 g/mol. The van der Waals surface area contributed by atoms with E-state index in [9.17, 15) is 0 Å². The van der Waals surface area contributed by atoms with Gasteiger partial charge in [0.15, 0.2) is 0 Å². The number of rotatable bonds is 4. The fraction of sp³-hybridized carbons (Fsp3) is 0.400. The van der Waals surface area contributed by atoms with Crippen LogP contribution in [-0.4, -0.2) is 6.04 Å². The summed E-state index contributed by atoms with van der Waals surface area (Å²) in [5, 5.41) is 3.31. The summed E-state index contributed by atoms with van der Waals surface area (Å²) in [5.74, 6) is 2.71. The Morgan fingerprint density at radius 1 is 1.64 bits per heavy atom. The van der Waals surface area contributed by atoms with E-state index in [2.05, 4.69) is 56.1 Å². The molecule has 0 spiro atoms. The molecule has 1 rings (SSSR count). The van der Waals surface area contributed by atoms with Crippen molar-refractivity contribution in [2.75, 3.05) is 0 Å². The molecule has 4 heteroatoms. The van der Waals surface area contributed by atoms with Crippen LogP contribution in [0.4, 0.5) is 0 Å². The molecule has 0 saturated heterocycles. The molecule has 0 aliphatic heterocycles. The minimum Gasteiger partial charge on any atom is -0.299 e. The number of hydrogen-bond donors (Lipinski definition) is 1. The van der Waals surface area contributed by atoms with E-state index in [0.717, 1.165) is 21.2 Å². The third-order valence-electron chi connectivity index (χ3n) is 1.83. The van der Waals surface area contributed by atoms with Gasteiger partial charge in [0.1, 0.15) is 0 Å². The van der Waals surface area contributed by atoms with Crippen LogP contribution in [0.3, 0.4) is 0 Å². The van der Waals surface area contributed by atoms with Crippen molar-refractivity contribution in [3.8, 4) is 12.3 Å². The Bertz CT molecular complexity index is 321. The number of terminal acetylenes is 1. The van der Waals surface area contributed by atoms with Crippen LogP contribution in [0.1, 0.15) is 18.2 Å². The quantitative estimate of drug-likeness (QED) is 0.825. The van der Waals surface area contributed by atoms with Gasteiger partial charge in [-0.1, -0.05) is 12.8 Å². The lowest BCUT2D eigenvalue weighted by Gasteiger charge is -2.08. The van der Waals surface area contributed by atoms with Crippen LogP contribution in [0.15, 0.2) is 14.3 Å². The molecule has 14 heavy (non-hydrogen) atoms. The zero-order chi connectivity index (χ0) is 10.6. The van der Waals surface area contributed by atoms with Crippen molar-refractivity contribution in [3.05, 3.63) is 19.2 Å². The number of hydrogen-bond acceptors (Lipinski definition) is 2. The van der Waals surface area contributed by atoms with Crippen molar-refractivity contribution in [2.45, 2.75) is 25.9 Å². The zero-order valence-electron chi connectivity index (χ0n) is 7.81. The summed E-state index contributed by atoms with van der Waals surface area (Å²) in [7, 11) is 0. The molecule has 0 fully saturated rings. The summed E-state index contributed by atoms with van der Waals surface area (Å²) >= 11 is 8.63. The van der Waals surface area contributed by atoms with Crippen LogP contribution in [-0.2, 0) is 6.54 Å². The highest BCUT2D eigenvalue weighted by atomic mass is 79.9. The van der Waals surface area contributed by atoms with Crippen molar-refractivity contribution in [1.29, 1.82) is 0 Å². The first-order chi connectivity index (χ1) is 6.67. The maximum absolute atomic E-state index is 5.35. The lowest BCUT2D eigenvalue weighted by atomic mass is 10.2. The van der Waals surface area contributed by atoms with Gasteiger partial charge in [0.2, 0.25) is 0 Å². The van der Waals surface area contributed by atoms with E-state index in [-0.39, 0.29) is 6.04 Å². The summed E-state index contributed by atoms with van der Waals surface area (Å²) < 4.78 is 2.23. The van der Waals surface area contributed by atoms with E-state index in [1.54, 1.807) is 11.3 Å². The first-order valence-corrected chi connectivity index (χ1v) is 6.70. The van der Waals surface area contributed by atoms with Gasteiger partial charge >= 0.3 is 0 Å². The van der Waals surface area contributed by atoms with Crippen molar-refractivity contribution in [1.82, 2.24) is 5.32 Å². The predicted molar refractivity (Wildman–Crippen MR) is 69.5 cm³/mol. The van der Waals surface area contributed by atoms with Crippen LogP contribution < -0.4 is 5.32 Å². The first kappa shape index (κ1) is 12.3. The van der Waals surface area contributed by atoms with Crippen LogP contribution in [0.5, 0.6) is 0 Å². The van der Waals surface area contributed by atoms with Crippen LogP contribution in [0.2, 0.25) is 0 Å². The fourth-order valence-corrected chi connectivity index (χ4v) is 3.15. The molecule has 0 aliphatic rings. The van der Waals surface area contributed by atoms with Gasteiger partial charge in [-0.15, -0.1) is 17.8 Å².